The monoisotopic (exact) mass is 398 g/mol. The minimum absolute atomic E-state index is 0.0109. The molecule has 6 nitrogen and oxygen atoms in total. The number of rotatable bonds is 0. The second kappa shape index (κ2) is 6.26. The fourth-order valence-electron chi connectivity index (χ4n) is 3.92. The van der Waals surface area contributed by atoms with Crippen LogP contribution in [0.4, 0.5) is 19.7 Å². The van der Waals surface area contributed by atoms with E-state index in [2.05, 4.69) is 5.32 Å². The van der Waals surface area contributed by atoms with Crippen molar-refractivity contribution < 1.29 is 23.5 Å². The Morgan fingerprint density at radius 2 is 2.00 bits per heavy atom. The second-order valence-electron chi connectivity index (χ2n) is 8.97. The van der Waals surface area contributed by atoms with Crippen molar-refractivity contribution in [3.8, 4) is 0 Å². The van der Waals surface area contributed by atoms with Gasteiger partial charge in [-0.1, -0.05) is 25.4 Å². The fraction of sp³-hybridized carbons (Fsp3) is 0.579. The summed E-state index contributed by atoms with van der Waals surface area (Å²) in [6.45, 7) is 9.57. The first-order valence-corrected chi connectivity index (χ1v) is 9.16. The molecule has 1 unspecified atom stereocenters. The van der Waals surface area contributed by atoms with Gasteiger partial charge in [0.05, 0.1) is 22.8 Å². The quantitative estimate of drug-likeness (QED) is 0.674. The van der Waals surface area contributed by atoms with E-state index in [-0.39, 0.29) is 17.1 Å². The standard InChI is InChI=1S/C19H24ClFN2O4/c1-17(2,3)27-16(25)23-9-18(4,5)8-19(10-23)13-12(22-15(24)26-19)7-6-11(20)14(13)21/h6-7H,8-10H2,1-5H3,(H,22,24). The van der Waals surface area contributed by atoms with Crippen LogP contribution in [0.25, 0.3) is 0 Å². The zero-order valence-electron chi connectivity index (χ0n) is 16.1. The Labute approximate surface area is 162 Å². The maximum absolute atomic E-state index is 15.0. The fourth-order valence-corrected chi connectivity index (χ4v) is 4.08. The summed E-state index contributed by atoms with van der Waals surface area (Å²) in [6.07, 6.45) is -0.879. The van der Waals surface area contributed by atoms with Gasteiger partial charge in [0.25, 0.3) is 0 Å². The Morgan fingerprint density at radius 3 is 2.63 bits per heavy atom. The summed E-state index contributed by atoms with van der Waals surface area (Å²) in [6, 6.07) is 2.93. The molecule has 2 aliphatic heterocycles. The highest BCUT2D eigenvalue weighted by Gasteiger charge is 2.53. The lowest BCUT2D eigenvalue weighted by atomic mass is 9.72. The summed E-state index contributed by atoms with van der Waals surface area (Å²) in [5.41, 5.74) is -2.00. The minimum Gasteiger partial charge on any atom is -0.444 e. The van der Waals surface area contributed by atoms with Gasteiger partial charge in [-0.3, -0.25) is 5.32 Å². The lowest BCUT2D eigenvalue weighted by Gasteiger charge is -2.50. The Kier molecular flexibility index (Phi) is 4.57. The molecule has 27 heavy (non-hydrogen) atoms. The van der Waals surface area contributed by atoms with Gasteiger partial charge in [-0.05, 0) is 38.3 Å². The largest absolute Gasteiger partial charge is 0.444 e. The Bertz CT molecular complexity index is 806. The molecule has 0 saturated carbocycles. The van der Waals surface area contributed by atoms with E-state index < -0.39 is 34.6 Å². The van der Waals surface area contributed by atoms with E-state index in [1.54, 1.807) is 26.8 Å². The highest BCUT2D eigenvalue weighted by molar-refractivity contribution is 6.31. The van der Waals surface area contributed by atoms with Crippen molar-refractivity contribution in [2.75, 3.05) is 18.4 Å². The van der Waals surface area contributed by atoms with Gasteiger partial charge >= 0.3 is 12.2 Å². The molecule has 1 fully saturated rings. The van der Waals surface area contributed by atoms with Gasteiger partial charge in [-0.2, -0.15) is 0 Å². The van der Waals surface area contributed by atoms with Crippen molar-refractivity contribution in [3.63, 3.8) is 0 Å². The van der Waals surface area contributed by atoms with Crippen LogP contribution in [0.1, 0.15) is 46.6 Å². The second-order valence-corrected chi connectivity index (χ2v) is 9.38. The molecule has 1 aromatic carbocycles. The summed E-state index contributed by atoms with van der Waals surface area (Å²) < 4.78 is 26.1. The molecule has 8 heteroatoms. The molecule has 2 heterocycles. The van der Waals surface area contributed by atoms with Crippen molar-refractivity contribution in [2.45, 2.75) is 52.2 Å². The number of anilines is 1. The zero-order chi connectivity index (χ0) is 20.2. The van der Waals surface area contributed by atoms with Crippen molar-refractivity contribution in [2.24, 2.45) is 5.41 Å². The van der Waals surface area contributed by atoms with Gasteiger partial charge < -0.3 is 14.4 Å². The number of amides is 2. The van der Waals surface area contributed by atoms with Crippen LogP contribution in [0.3, 0.4) is 0 Å². The van der Waals surface area contributed by atoms with Gasteiger partial charge in [0, 0.05) is 13.0 Å². The first-order chi connectivity index (χ1) is 12.3. The molecule has 0 aromatic heterocycles. The summed E-state index contributed by atoms with van der Waals surface area (Å²) in [7, 11) is 0. The van der Waals surface area contributed by atoms with Crippen LogP contribution < -0.4 is 5.32 Å². The molecular formula is C19H24ClFN2O4. The number of nitrogens with one attached hydrogen (secondary N) is 1. The van der Waals surface area contributed by atoms with Gasteiger partial charge in [0.1, 0.15) is 5.60 Å². The smallest absolute Gasteiger partial charge is 0.412 e. The number of piperidine rings is 1. The van der Waals surface area contributed by atoms with Crippen LogP contribution in [0, 0.1) is 11.2 Å². The van der Waals surface area contributed by atoms with E-state index in [0.717, 1.165) is 0 Å². The third kappa shape index (κ3) is 3.83. The van der Waals surface area contributed by atoms with Gasteiger partial charge in [-0.25, -0.2) is 14.0 Å². The number of hydrogen-bond donors (Lipinski definition) is 1. The van der Waals surface area contributed by atoms with E-state index in [4.69, 9.17) is 21.1 Å². The molecule has 0 aliphatic carbocycles. The van der Waals surface area contributed by atoms with E-state index in [9.17, 15) is 14.0 Å². The van der Waals surface area contributed by atoms with Crippen LogP contribution in [0.15, 0.2) is 12.1 Å². The molecular weight excluding hydrogens is 375 g/mol. The number of nitrogens with zero attached hydrogens (tertiary/aromatic N) is 1. The molecule has 1 spiro atoms. The van der Waals surface area contributed by atoms with E-state index in [1.165, 1.54) is 11.0 Å². The molecule has 2 aliphatic rings. The third-order valence-electron chi connectivity index (χ3n) is 4.56. The van der Waals surface area contributed by atoms with Crippen molar-refractivity contribution in [1.82, 2.24) is 4.90 Å². The van der Waals surface area contributed by atoms with E-state index in [0.29, 0.717) is 18.7 Å². The zero-order valence-corrected chi connectivity index (χ0v) is 16.9. The highest BCUT2D eigenvalue weighted by atomic mass is 35.5. The SMILES string of the molecule is CC1(C)CN(C(=O)OC(C)(C)C)CC2(C1)OC(=O)Nc1ccc(Cl)c(F)c12. The summed E-state index contributed by atoms with van der Waals surface area (Å²) >= 11 is 5.99. The summed E-state index contributed by atoms with van der Waals surface area (Å²) in [4.78, 5) is 26.4. The van der Waals surface area contributed by atoms with Crippen molar-refractivity contribution in [3.05, 3.63) is 28.5 Å². The average Bonchev–Trinajstić information content (AvgIpc) is 2.47. The van der Waals surface area contributed by atoms with Gasteiger partial charge in [0.2, 0.25) is 0 Å². The number of hydrogen-bond acceptors (Lipinski definition) is 4. The molecule has 1 N–H and O–H groups in total. The first kappa shape index (κ1) is 19.7. The Hall–Kier alpha value is -2.02. The van der Waals surface area contributed by atoms with Crippen molar-refractivity contribution in [1.29, 1.82) is 0 Å². The molecule has 0 bridgehead atoms. The van der Waals surface area contributed by atoms with E-state index in [1.807, 2.05) is 13.8 Å². The Balaban J connectivity index is 2.08. The van der Waals surface area contributed by atoms with Gasteiger partial charge in [0.15, 0.2) is 11.4 Å². The van der Waals surface area contributed by atoms with Crippen LogP contribution in [0.5, 0.6) is 0 Å². The predicted molar refractivity (Wildman–Crippen MR) is 99.4 cm³/mol. The normalized spacial score (nSPS) is 24.1. The first-order valence-electron chi connectivity index (χ1n) is 8.78. The van der Waals surface area contributed by atoms with E-state index >= 15 is 0 Å². The molecule has 1 aromatic rings. The summed E-state index contributed by atoms with van der Waals surface area (Å²) in [5, 5.41) is 2.45. The number of ether oxygens (including phenoxy) is 2. The maximum Gasteiger partial charge on any atom is 0.412 e. The molecule has 1 atom stereocenters. The maximum atomic E-state index is 15.0. The van der Waals surface area contributed by atoms with Crippen LogP contribution in [0.2, 0.25) is 5.02 Å². The number of likely N-dealkylation sites (tertiary alicyclic amines) is 1. The molecule has 1 saturated heterocycles. The number of carbonyl (C=O) groups excluding carboxylic acids is 2. The molecule has 3 rings (SSSR count). The van der Waals surface area contributed by atoms with Crippen molar-refractivity contribution >= 4 is 29.5 Å². The molecule has 2 amide bonds. The Morgan fingerprint density at radius 1 is 1.33 bits per heavy atom. The number of carbonyl (C=O) groups is 2. The topological polar surface area (TPSA) is 67.9 Å². The van der Waals surface area contributed by atoms with Crippen LogP contribution in [-0.4, -0.2) is 35.8 Å². The molecule has 148 valence electrons. The lowest BCUT2D eigenvalue weighted by molar-refractivity contribution is -0.0904. The van der Waals surface area contributed by atoms with Crippen LogP contribution in [-0.2, 0) is 15.1 Å². The lowest BCUT2D eigenvalue weighted by Crippen LogP contribution is -2.59. The molecule has 0 radical (unpaired) electrons. The summed E-state index contributed by atoms with van der Waals surface area (Å²) in [5.74, 6) is -0.656. The predicted octanol–water partition coefficient (Wildman–Crippen LogP) is 4.90. The highest BCUT2D eigenvalue weighted by Crippen LogP contribution is 2.49. The number of fused-ring (bicyclic) bond motifs is 2. The van der Waals surface area contributed by atoms with Gasteiger partial charge in [-0.15, -0.1) is 0 Å². The number of halogens is 2. The minimum atomic E-state index is -1.34. The third-order valence-corrected chi connectivity index (χ3v) is 4.85. The average molecular weight is 399 g/mol. The van der Waals surface area contributed by atoms with Crippen LogP contribution >= 0.6 is 11.6 Å². The number of benzene rings is 1.